The van der Waals surface area contributed by atoms with Gasteiger partial charge in [0.05, 0.1) is 0 Å². The lowest BCUT2D eigenvalue weighted by Crippen LogP contribution is -2.27. The molecule has 0 saturated heterocycles. The topological polar surface area (TPSA) is 73.0 Å². The van der Waals surface area contributed by atoms with Gasteiger partial charge in [-0.05, 0) is 42.8 Å². The third-order valence-corrected chi connectivity index (χ3v) is 5.00. The molecule has 0 fully saturated rings. The first-order valence-corrected chi connectivity index (χ1v) is 9.65. The minimum absolute atomic E-state index is 0.143. The van der Waals surface area contributed by atoms with Gasteiger partial charge in [-0.1, -0.05) is 28.9 Å². The normalized spacial score (nSPS) is 11.8. The molecular formula is C21H16ClF3N4O2. The molecule has 2 heterocycles. The van der Waals surface area contributed by atoms with Crippen molar-refractivity contribution in [2.24, 2.45) is 0 Å². The molecule has 0 unspecified atom stereocenters. The number of aromatic nitrogens is 3. The second-order valence-electron chi connectivity index (χ2n) is 6.92. The Bertz CT molecular complexity index is 1250. The molecule has 10 heteroatoms. The predicted octanol–water partition coefficient (Wildman–Crippen LogP) is 5.10. The average Bonchev–Trinajstić information content (AvgIpc) is 3.34. The number of amides is 1. The second-order valence-corrected chi connectivity index (χ2v) is 7.36. The van der Waals surface area contributed by atoms with Crippen LogP contribution in [0.5, 0.6) is 0 Å². The number of alkyl halides is 3. The van der Waals surface area contributed by atoms with E-state index in [2.05, 4.69) is 20.0 Å². The maximum Gasteiger partial charge on any atom is 0.471 e. The fraction of sp³-hybridized carbons (Fsp3) is 0.190. The number of fused-ring (bicyclic) bond motifs is 1. The summed E-state index contributed by atoms with van der Waals surface area (Å²) in [6.45, 7) is 2.75. The third kappa shape index (κ3) is 4.41. The van der Waals surface area contributed by atoms with E-state index in [0.717, 1.165) is 16.5 Å². The van der Waals surface area contributed by atoms with Crippen molar-refractivity contribution in [2.75, 3.05) is 6.54 Å². The Kier molecular flexibility index (Phi) is 5.45. The van der Waals surface area contributed by atoms with E-state index >= 15 is 0 Å². The van der Waals surface area contributed by atoms with Gasteiger partial charge in [-0.3, -0.25) is 4.79 Å². The van der Waals surface area contributed by atoms with E-state index in [1.807, 2.05) is 17.7 Å². The lowest BCUT2D eigenvalue weighted by atomic mass is 10.1. The molecule has 0 atom stereocenters. The molecule has 6 nitrogen and oxygen atoms in total. The van der Waals surface area contributed by atoms with E-state index < -0.39 is 12.1 Å². The Morgan fingerprint density at radius 3 is 2.61 bits per heavy atom. The van der Waals surface area contributed by atoms with Crippen molar-refractivity contribution in [3.05, 3.63) is 70.7 Å². The van der Waals surface area contributed by atoms with Crippen LogP contribution in [0.25, 0.3) is 22.3 Å². The van der Waals surface area contributed by atoms with Gasteiger partial charge in [-0.2, -0.15) is 18.2 Å². The molecule has 4 rings (SSSR count). The summed E-state index contributed by atoms with van der Waals surface area (Å²) in [7, 11) is 0. The molecule has 1 amide bonds. The smallest absolute Gasteiger partial charge is 0.350 e. The zero-order valence-electron chi connectivity index (χ0n) is 16.2. The Hall–Kier alpha value is -3.33. The third-order valence-electron chi connectivity index (χ3n) is 4.75. The molecule has 2 aromatic heterocycles. The van der Waals surface area contributed by atoms with Gasteiger partial charge in [0.1, 0.15) is 0 Å². The van der Waals surface area contributed by atoms with Crippen LogP contribution >= 0.6 is 11.6 Å². The van der Waals surface area contributed by atoms with Crippen LogP contribution in [0.3, 0.4) is 0 Å². The largest absolute Gasteiger partial charge is 0.471 e. The first kappa shape index (κ1) is 20.9. The summed E-state index contributed by atoms with van der Waals surface area (Å²) in [6.07, 6.45) is -2.78. The number of hydrogen-bond acceptors (Lipinski definition) is 4. The van der Waals surface area contributed by atoms with E-state index in [-0.39, 0.29) is 11.7 Å². The highest BCUT2D eigenvalue weighted by molar-refractivity contribution is 6.30. The van der Waals surface area contributed by atoms with Gasteiger partial charge in [0, 0.05) is 46.3 Å². The van der Waals surface area contributed by atoms with Crippen LogP contribution in [0, 0.1) is 6.92 Å². The van der Waals surface area contributed by atoms with Crippen molar-refractivity contribution in [3.8, 4) is 11.4 Å². The molecule has 0 radical (unpaired) electrons. The molecule has 2 aromatic carbocycles. The molecular weight excluding hydrogens is 433 g/mol. The van der Waals surface area contributed by atoms with Gasteiger partial charge in [0.25, 0.3) is 5.91 Å². The Morgan fingerprint density at radius 2 is 1.94 bits per heavy atom. The Morgan fingerprint density at radius 1 is 1.19 bits per heavy atom. The van der Waals surface area contributed by atoms with Crippen molar-refractivity contribution >= 4 is 28.4 Å². The maximum atomic E-state index is 12.7. The number of carbonyl (C=O) groups is 1. The van der Waals surface area contributed by atoms with Crippen LogP contribution in [0.4, 0.5) is 13.2 Å². The molecule has 1 N–H and O–H groups in total. The fourth-order valence-corrected chi connectivity index (χ4v) is 3.37. The zero-order chi connectivity index (χ0) is 22.2. The number of aryl methyl sites for hydroxylation is 1. The van der Waals surface area contributed by atoms with Crippen LogP contribution in [0.1, 0.15) is 21.8 Å². The SMILES string of the molecule is Cc1cn(CCNC(=O)c2ccc(Cl)cc2)c2cc(-c3noc(C(F)(F)F)n3)ccc12. The lowest BCUT2D eigenvalue weighted by molar-refractivity contribution is -0.159. The van der Waals surface area contributed by atoms with E-state index in [1.54, 1.807) is 42.5 Å². The molecule has 4 aromatic rings. The summed E-state index contributed by atoms with van der Waals surface area (Å²) < 4.78 is 44.5. The fourth-order valence-electron chi connectivity index (χ4n) is 3.25. The molecule has 160 valence electrons. The monoisotopic (exact) mass is 448 g/mol. The maximum absolute atomic E-state index is 12.7. The van der Waals surface area contributed by atoms with Crippen molar-refractivity contribution in [3.63, 3.8) is 0 Å². The molecule has 0 saturated carbocycles. The zero-order valence-corrected chi connectivity index (χ0v) is 17.0. The number of carbonyl (C=O) groups excluding carboxylic acids is 1. The second kappa shape index (κ2) is 8.07. The van der Waals surface area contributed by atoms with Gasteiger partial charge in [0.2, 0.25) is 5.82 Å². The van der Waals surface area contributed by atoms with Crippen LogP contribution in [-0.2, 0) is 12.7 Å². The predicted molar refractivity (Wildman–Crippen MR) is 109 cm³/mol. The van der Waals surface area contributed by atoms with Gasteiger partial charge in [0.15, 0.2) is 0 Å². The van der Waals surface area contributed by atoms with Crippen LogP contribution in [0.15, 0.2) is 53.2 Å². The molecule has 31 heavy (non-hydrogen) atoms. The Balaban J connectivity index is 1.53. The first-order chi connectivity index (χ1) is 14.7. The standard InChI is InChI=1S/C21H16ClF3N4O2/c1-12-11-29(9-8-26-19(30)13-2-5-15(22)6-3-13)17-10-14(4-7-16(12)17)18-27-20(31-28-18)21(23,24)25/h2-7,10-11H,8-9H2,1H3,(H,26,30). The van der Waals surface area contributed by atoms with Gasteiger partial charge < -0.3 is 14.4 Å². The molecule has 0 aliphatic heterocycles. The number of nitrogens with zero attached hydrogens (tertiary/aromatic N) is 3. The van der Waals surface area contributed by atoms with E-state index in [0.29, 0.717) is 29.2 Å². The highest BCUT2D eigenvalue weighted by Crippen LogP contribution is 2.31. The minimum Gasteiger partial charge on any atom is -0.350 e. The van der Waals surface area contributed by atoms with E-state index in [1.165, 1.54) is 0 Å². The summed E-state index contributed by atoms with van der Waals surface area (Å²) in [4.78, 5) is 15.7. The molecule has 0 aliphatic rings. The van der Waals surface area contributed by atoms with Crippen LogP contribution in [-0.4, -0.2) is 27.2 Å². The van der Waals surface area contributed by atoms with Crippen molar-refractivity contribution < 1.29 is 22.5 Å². The first-order valence-electron chi connectivity index (χ1n) is 9.27. The van der Waals surface area contributed by atoms with Gasteiger partial charge >= 0.3 is 12.1 Å². The van der Waals surface area contributed by atoms with Gasteiger partial charge in [-0.15, -0.1) is 0 Å². The molecule has 0 spiro atoms. The average molecular weight is 449 g/mol. The van der Waals surface area contributed by atoms with E-state index in [9.17, 15) is 18.0 Å². The summed E-state index contributed by atoms with van der Waals surface area (Å²) in [5.74, 6) is -1.76. The summed E-state index contributed by atoms with van der Waals surface area (Å²) in [6, 6.07) is 11.7. The molecule has 0 bridgehead atoms. The number of hydrogen-bond donors (Lipinski definition) is 1. The quantitative estimate of drug-likeness (QED) is 0.461. The van der Waals surface area contributed by atoms with Gasteiger partial charge in [-0.25, -0.2) is 0 Å². The Labute approximate surface area is 179 Å². The van der Waals surface area contributed by atoms with Crippen molar-refractivity contribution in [1.29, 1.82) is 0 Å². The number of halogens is 4. The molecule has 0 aliphatic carbocycles. The highest BCUT2D eigenvalue weighted by Gasteiger charge is 2.38. The number of benzene rings is 2. The van der Waals surface area contributed by atoms with Crippen LogP contribution in [0.2, 0.25) is 5.02 Å². The number of nitrogens with one attached hydrogen (secondary N) is 1. The lowest BCUT2D eigenvalue weighted by Gasteiger charge is -2.08. The minimum atomic E-state index is -4.70. The van der Waals surface area contributed by atoms with Crippen LogP contribution < -0.4 is 5.32 Å². The van der Waals surface area contributed by atoms with Crippen molar-refractivity contribution in [1.82, 2.24) is 20.0 Å². The summed E-state index contributed by atoms with van der Waals surface area (Å²) in [5.41, 5.74) is 2.68. The highest BCUT2D eigenvalue weighted by atomic mass is 35.5. The summed E-state index contributed by atoms with van der Waals surface area (Å²) >= 11 is 5.83. The summed E-state index contributed by atoms with van der Waals surface area (Å²) in [5, 5.41) is 7.76. The van der Waals surface area contributed by atoms with E-state index in [4.69, 9.17) is 11.6 Å². The van der Waals surface area contributed by atoms with Crippen molar-refractivity contribution in [2.45, 2.75) is 19.6 Å². The number of rotatable bonds is 5.